The van der Waals surface area contributed by atoms with Gasteiger partial charge in [0.1, 0.15) is 0 Å². The minimum Gasteiger partial charge on any atom is -0.327 e. The number of carbonyl (C=O) groups excluding carboxylic acids is 1. The number of hydrogen-bond donors (Lipinski definition) is 1. The van der Waals surface area contributed by atoms with E-state index in [4.69, 9.17) is 0 Å². The number of likely N-dealkylation sites (N-methyl/N-ethyl adjacent to an activating group) is 1. The Balaban J connectivity index is 1.82. The Morgan fingerprint density at radius 2 is 2.22 bits per heavy atom. The average Bonchev–Trinajstić information content (AvgIpc) is 2.81. The van der Waals surface area contributed by atoms with E-state index in [-0.39, 0.29) is 6.03 Å². The van der Waals surface area contributed by atoms with Crippen molar-refractivity contribution in [1.29, 1.82) is 0 Å². The van der Waals surface area contributed by atoms with Crippen molar-refractivity contribution in [3.63, 3.8) is 0 Å². The van der Waals surface area contributed by atoms with E-state index in [1.807, 2.05) is 16.8 Å². The highest BCUT2D eigenvalue weighted by molar-refractivity contribution is 7.10. The topological polar surface area (TPSA) is 35.6 Å². The molecule has 5 heteroatoms. The van der Waals surface area contributed by atoms with Crippen molar-refractivity contribution >= 4 is 17.4 Å². The summed E-state index contributed by atoms with van der Waals surface area (Å²) in [7, 11) is 1.90. The van der Waals surface area contributed by atoms with E-state index in [2.05, 4.69) is 23.7 Å². The molecule has 0 spiro atoms. The number of aryl methyl sites for hydroxylation is 1. The normalized spacial score (nSPS) is 15.8. The van der Waals surface area contributed by atoms with Crippen molar-refractivity contribution in [1.82, 2.24) is 15.1 Å². The summed E-state index contributed by atoms with van der Waals surface area (Å²) < 4.78 is 0. The fourth-order valence-corrected chi connectivity index (χ4v) is 3.02. The van der Waals surface area contributed by atoms with E-state index in [1.54, 1.807) is 11.3 Å². The first-order valence-corrected chi connectivity index (χ1v) is 7.30. The summed E-state index contributed by atoms with van der Waals surface area (Å²) in [5.74, 6) is 0. The Morgan fingerprint density at radius 3 is 2.83 bits per heavy atom. The van der Waals surface area contributed by atoms with Crippen molar-refractivity contribution in [3.05, 3.63) is 21.9 Å². The third-order valence-corrected chi connectivity index (χ3v) is 4.44. The molecule has 2 heterocycles. The van der Waals surface area contributed by atoms with Gasteiger partial charge in [0.05, 0.1) is 0 Å². The maximum absolute atomic E-state index is 12.2. The lowest BCUT2D eigenvalue weighted by molar-refractivity contribution is 0.156. The van der Waals surface area contributed by atoms with Gasteiger partial charge in [0.25, 0.3) is 0 Å². The Bertz CT molecular complexity index is 399. The van der Waals surface area contributed by atoms with Gasteiger partial charge < -0.3 is 15.1 Å². The smallest absolute Gasteiger partial charge is 0.319 e. The Hall–Kier alpha value is -1.07. The Kier molecular flexibility index (Phi) is 4.60. The second kappa shape index (κ2) is 6.20. The molecule has 0 saturated carbocycles. The van der Waals surface area contributed by atoms with Crippen LogP contribution >= 0.6 is 11.3 Å². The van der Waals surface area contributed by atoms with Crippen LogP contribution in [0.25, 0.3) is 0 Å². The number of urea groups is 1. The molecule has 0 unspecified atom stereocenters. The fourth-order valence-electron chi connectivity index (χ4n) is 2.12. The largest absolute Gasteiger partial charge is 0.327 e. The quantitative estimate of drug-likeness (QED) is 0.902. The van der Waals surface area contributed by atoms with E-state index in [0.29, 0.717) is 0 Å². The molecule has 0 atom stereocenters. The summed E-state index contributed by atoms with van der Waals surface area (Å²) in [5, 5.41) is 5.37. The zero-order valence-corrected chi connectivity index (χ0v) is 11.9. The molecule has 0 radical (unpaired) electrons. The number of rotatable bonds is 3. The number of thiophene rings is 1. The molecule has 0 aliphatic carbocycles. The summed E-state index contributed by atoms with van der Waals surface area (Å²) in [6.07, 6.45) is 0.956. The van der Waals surface area contributed by atoms with Gasteiger partial charge in [-0.25, -0.2) is 4.79 Å². The molecule has 1 N–H and O–H groups in total. The van der Waals surface area contributed by atoms with Gasteiger partial charge in [-0.1, -0.05) is 0 Å². The molecule has 0 aromatic carbocycles. The van der Waals surface area contributed by atoms with E-state index >= 15 is 0 Å². The highest BCUT2D eigenvalue weighted by Crippen LogP contribution is 2.16. The number of hydrogen-bond acceptors (Lipinski definition) is 3. The number of nitrogens with one attached hydrogen (secondary N) is 1. The first-order chi connectivity index (χ1) is 8.68. The van der Waals surface area contributed by atoms with Gasteiger partial charge in [-0.3, -0.25) is 0 Å². The summed E-state index contributed by atoms with van der Waals surface area (Å²) in [6.45, 7) is 6.38. The number of amides is 2. The van der Waals surface area contributed by atoms with E-state index in [9.17, 15) is 4.79 Å². The van der Waals surface area contributed by atoms with Crippen LogP contribution in [-0.4, -0.2) is 55.6 Å². The molecule has 1 fully saturated rings. The standard InChI is InChI=1S/C13H21N3OS/c1-11-4-10-18-12(11)3-7-15(2)13(17)16-8-5-14-6-9-16/h4,10,14H,3,5-9H2,1-2H3. The molecule has 4 nitrogen and oxygen atoms in total. The van der Waals surface area contributed by atoms with E-state index in [0.717, 1.165) is 39.1 Å². The van der Waals surface area contributed by atoms with Gasteiger partial charge in [0.15, 0.2) is 0 Å². The van der Waals surface area contributed by atoms with Crippen LogP contribution in [0.1, 0.15) is 10.4 Å². The van der Waals surface area contributed by atoms with Crippen LogP contribution in [0.5, 0.6) is 0 Å². The number of nitrogens with zero attached hydrogens (tertiary/aromatic N) is 2. The molecule has 1 aromatic heterocycles. The first-order valence-electron chi connectivity index (χ1n) is 6.42. The van der Waals surface area contributed by atoms with Gasteiger partial charge in [0.2, 0.25) is 0 Å². The maximum atomic E-state index is 12.2. The van der Waals surface area contributed by atoms with Gasteiger partial charge in [0, 0.05) is 44.6 Å². The molecule has 1 saturated heterocycles. The molecule has 2 rings (SSSR count). The summed E-state index contributed by atoms with van der Waals surface area (Å²) >= 11 is 1.78. The zero-order valence-electron chi connectivity index (χ0n) is 11.1. The predicted molar refractivity (Wildman–Crippen MR) is 75.2 cm³/mol. The van der Waals surface area contributed by atoms with E-state index < -0.39 is 0 Å². The van der Waals surface area contributed by atoms with Crippen molar-refractivity contribution in [2.24, 2.45) is 0 Å². The van der Waals surface area contributed by atoms with Gasteiger partial charge in [-0.05, 0) is 30.4 Å². The monoisotopic (exact) mass is 267 g/mol. The van der Waals surface area contributed by atoms with Crippen molar-refractivity contribution in [2.75, 3.05) is 39.8 Å². The van der Waals surface area contributed by atoms with Crippen molar-refractivity contribution in [2.45, 2.75) is 13.3 Å². The van der Waals surface area contributed by atoms with Gasteiger partial charge in [-0.2, -0.15) is 0 Å². The highest BCUT2D eigenvalue weighted by atomic mass is 32.1. The fraction of sp³-hybridized carbons (Fsp3) is 0.615. The molecule has 18 heavy (non-hydrogen) atoms. The van der Waals surface area contributed by atoms with Crippen LogP contribution in [0.4, 0.5) is 4.79 Å². The second-order valence-corrected chi connectivity index (χ2v) is 5.72. The van der Waals surface area contributed by atoms with Crippen LogP contribution in [-0.2, 0) is 6.42 Å². The second-order valence-electron chi connectivity index (χ2n) is 4.72. The molecule has 100 valence electrons. The summed E-state index contributed by atoms with van der Waals surface area (Å²) in [4.78, 5) is 17.3. The Labute approximate surface area is 113 Å². The van der Waals surface area contributed by atoms with Crippen LogP contribution in [0.15, 0.2) is 11.4 Å². The molecule has 2 amide bonds. The van der Waals surface area contributed by atoms with Gasteiger partial charge in [-0.15, -0.1) is 11.3 Å². The van der Waals surface area contributed by atoms with Crippen molar-refractivity contribution < 1.29 is 4.79 Å². The number of carbonyl (C=O) groups is 1. The molecular weight excluding hydrogens is 246 g/mol. The minimum atomic E-state index is 0.158. The molecule has 0 bridgehead atoms. The molecule has 1 aromatic rings. The lowest BCUT2D eigenvalue weighted by Crippen LogP contribution is -2.50. The van der Waals surface area contributed by atoms with Crippen LogP contribution in [0.2, 0.25) is 0 Å². The van der Waals surface area contributed by atoms with Crippen LogP contribution in [0.3, 0.4) is 0 Å². The first kappa shape index (κ1) is 13.4. The van der Waals surface area contributed by atoms with Gasteiger partial charge >= 0.3 is 6.03 Å². The molecule has 1 aliphatic rings. The SMILES string of the molecule is Cc1ccsc1CCN(C)C(=O)N1CCNCC1. The third-order valence-electron chi connectivity index (χ3n) is 3.36. The predicted octanol–water partition coefficient (Wildman–Crippen LogP) is 1.56. The summed E-state index contributed by atoms with van der Waals surface area (Å²) in [6, 6.07) is 2.30. The maximum Gasteiger partial charge on any atom is 0.319 e. The molecular formula is C13H21N3OS. The average molecular weight is 267 g/mol. The lowest BCUT2D eigenvalue weighted by atomic mass is 10.2. The highest BCUT2D eigenvalue weighted by Gasteiger charge is 2.19. The Morgan fingerprint density at radius 1 is 1.50 bits per heavy atom. The van der Waals surface area contributed by atoms with Crippen LogP contribution < -0.4 is 5.32 Å². The summed E-state index contributed by atoms with van der Waals surface area (Å²) in [5.41, 5.74) is 1.34. The van der Waals surface area contributed by atoms with Crippen LogP contribution in [0, 0.1) is 6.92 Å². The van der Waals surface area contributed by atoms with Crippen molar-refractivity contribution in [3.8, 4) is 0 Å². The zero-order chi connectivity index (χ0) is 13.0. The number of piperazine rings is 1. The lowest BCUT2D eigenvalue weighted by Gasteiger charge is -2.31. The molecule has 1 aliphatic heterocycles. The minimum absolute atomic E-state index is 0.158. The van der Waals surface area contributed by atoms with E-state index in [1.165, 1.54) is 10.4 Å². The third kappa shape index (κ3) is 3.23.